The van der Waals surface area contributed by atoms with Crippen molar-refractivity contribution in [3.8, 4) is 11.5 Å². The molecule has 3 rings (SSSR count). The van der Waals surface area contributed by atoms with Crippen LogP contribution in [0.1, 0.15) is 11.6 Å². The van der Waals surface area contributed by atoms with Crippen molar-refractivity contribution in [3.05, 3.63) is 53.1 Å². The summed E-state index contributed by atoms with van der Waals surface area (Å²) in [7, 11) is 0.0691. The van der Waals surface area contributed by atoms with Crippen molar-refractivity contribution in [2.24, 2.45) is 0 Å². The highest BCUT2D eigenvalue weighted by Crippen LogP contribution is 2.34. The number of nitrogens with zero attached hydrogens (tertiary/aromatic N) is 1. The predicted molar refractivity (Wildman–Crippen MR) is 95.6 cm³/mol. The van der Waals surface area contributed by atoms with Crippen LogP contribution in [0.3, 0.4) is 0 Å². The molecule has 25 heavy (non-hydrogen) atoms. The van der Waals surface area contributed by atoms with Gasteiger partial charge in [-0.1, -0.05) is 29.8 Å². The molecule has 2 aromatic rings. The third-order valence-electron chi connectivity index (χ3n) is 4.01. The lowest BCUT2D eigenvalue weighted by atomic mass is 10.1. The minimum Gasteiger partial charge on any atom is -0.454 e. The summed E-state index contributed by atoms with van der Waals surface area (Å²) >= 11 is 6.26. The maximum absolute atomic E-state index is 12.6. The maximum atomic E-state index is 12.6. The standard InChI is InChI=1S/C17H19ClN2O4S/c1-20(2)15(13-5-3-4-6-14(13)18)10-19-25(21,22)12-7-8-16-17(9-12)24-11-23-16/h3-9,15,19H,10-11H2,1-2H3. The fraction of sp³-hybridized carbons (Fsp3) is 0.294. The fourth-order valence-corrected chi connectivity index (χ4v) is 3.95. The number of fused-ring (bicyclic) bond motifs is 1. The molecule has 0 amide bonds. The minimum atomic E-state index is -3.69. The lowest BCUT2D eigenvalue weighted by Crippen LogP contribution is -2.34. The zero-order valence-corrected chi connectivity index (χ0v) is 15.5. The van der Waals surface area contributed by atoms with Crippen LogP contribution in [0.4, 0.5) is 0 Å². The number of sulfonamides is 1. The first-order valence-electron chi connectivity index (χ1n) is 7.68. The number of halogens is 1. The van der Waals surface area contributed by atoms with Crippen molar-refractivity contribution in [3.63, 3.8) is 0 Å². The van der Waals surface area contributed by atoms with Gasteiger partial charge >= 0.3 is 0 Å². The van der Waals surface area contributed by atoms with Crippen LogP contribution in [0.2, 0.25) is 5.02 Å². The Kier molecular flexibility index (Phi) is 5.19. The third kappa shape index (κ3) is 3.90. The van der Waals surface area contributed by atoms with Gasteiger partial charge in [-0.3, -0.25) is 0 Å². The Hall–Kier alpha value is -1.80. The van der Waals surface area contributed by atoms with E-state index in [4.69, 9.17) is 21.1 Å². The zero-order valence-electron chi connectivity index (χ0n) is 13.9. The predicted octanol–water partition coefficient (Wildman–Crippen LogP) is 2.65. The van der Waals surface area contributed by atoms with Crippen LogP contribution in [0.5, 0.6) is 11.5 Å². The molecule has 2 aromatic carbocycles. The van der Waals surface area contributed by atoms with Gasteiger partial charge in [0.1, 0.15) is 0 Å². The summed E-state index contributed by atoms with van der Waals surface area (Å²) in [5.74, 6) is 0.972. The van der Waals surface area contributed by atoms with Gasteiger partial charge in [0.25, 0.3) is 0 Å². The number of hydrogen-bond donors (Lipinski definition) is 1. The molecule has 0 aromatic heterocycles. The molecular weight excluding hydrogens is 364 g/mol. The lowest BCUT2D eigenvalue weighted by Gasteiger charge is -2.26. The van der Waals surface area contributed by atoms with Crippen molar-refractivity contribution < 1.29 is 17.9 Å². The monoisotopic (exact) mass is 382 g/mol. The number of nitrogens with one attached hydrogen (secondary N) is 1. The van der Waals surface area contributed by atoms with E-state index in [1.54, 1.807) is 12.1 Å². The quantitative estimate of drug-likeness (QED) is 0.831. The smallest absolute Gasteiger partial charge is 0.240 e. The first-order valence-corrected chi connectivity index (χ1v) is 9.55. The first-order chi connectivity index (χ1) is 11.9. The van der Waals surface area contributed by atoms with Gasteiger partial charge < -0.3 is 14.4 Å². The van der Waals surface area contributed by atoms with E-state index in [9.17, 15) is 8.42 Å². The van der Waals surface area contributed by atoms with Gasteiger partial charge in [0.15, 0.2) is 11.5 Å². The number of rotatable bonds is 6. The van der Waals surface area contributed by atoms with Crippen LogP contribution in [-0.4, -0.2) is 40.8 Å². The molecular formula is C17H19ClN2O4S. The number of likely N-dealkylation sites (N-methyl/N-ethyl adjacent to an activating group) is 1. The van der Waals surface area contributed by atoms with E-state index in [0.29, 0.717) is 16.5 Å². The molecule has 1 atom stereocenters. The van der Waals surface area contributed by atoms with E-state index in [1.807, 2.05) is 37.2 Å². The third-order valence-corrected chi connectivity index (χ3v) is 5.77. The Morgan fingerprint density at radius 3 is 2.60 bits per heavy atom. The van der Waals surface area contributed by atoms with Crippen LogP contribution in [0.25, 0.3) is 0 Å². The molecule has 1 unspecified atom stereocenters. The second-order valence-corrected chi connectivity index (χ2v) is 8.04. The Balaban J connectivity index is 1.79. The van der Waals surface area contributed by atoms with Crippen LogP contribution < -0.4 is 14.2 Å². The van der Waals surface area contributed by atoms with Crippen molar-refractivity contribution >= 4 is 21.6 Å². The molecule has 0 aliphatic carbocycles. The zero-order chi connectivity index (χ0) is 18.0. The average Bonchev–Trinajstić information content (AvgIpc) is 3.04. The average molecular weight is 383 g/mol. The minimum absolute atomic E-state index is 0.0987. The van der Waals surface area contributed by atoms with Crippen molar-refractivity contribution in [1.29, 1.82) is 0 Å². The molecule has 1 aliphatic heterocycles. The Morgan fingerprint density at radius 2 is 1.88 bits per heavy atom. The topological polar surface area (TPSA) is 67.9 Å². The van der Waals surface area contributed by atoms with Crippen molar-refractivity contribution in [2.45, 2.75) is 10.9 Å². The van der Waals surface area contributed by atoms with Gasteiger partial charge in [0.2, 0.25) is 16.8 Å². The number of ether oxygens (including phenoxy) is 2. The summed E-state index contributed by atoms with van der Waals surface area (Å²) in [5, 5.41) is 0.600. The summed E-state index contributed by atoms with van der Waals surface area (Å²) in [6.45, 7) is 0.287. The lowest BCUT2D eigenvalue weighted by molar-refractivity contribution is 0.174. The Bertz CT molecular complexity index is 871. The van der Waals surface area contributed by atoms with E-state index in [0.717, 1.165) is 5.56 Å². The highest BCUT2D eigenvalue weighted by molar-refractivity contribution is 7.89. The normalized spacial score (nSPS) is 14.7. The van der Waals surface area contributed by atoms with E-state index >= 15 is 0 Å². The molecule has 0 radical (unpaired) electrons. The van der Waals surface area contributed by atoms with E-state index < -0.39 is 10.0 Å². The summed E-state index contributed by atoms with van der Waals surface area (Å²) in [6, 6.07) is 11.8. The Labute approximate surface area is 152 Å². The number of benzene rings is 2. The molecule has 1 heterocycles. The molecule has 0 saturated carbocycles. The molecule has 1 aliphatic rings. The van der Waals surface area contributed by atoms with Gasteiger partial charge in [0.05, 0.1) is 4.90 Å². The number of hydrogen-bond acceptors (Lipinski definition) is 5. The van der Waals surface area contributed by atoms with Gasteiger partial charge in [-0.05, 0) is 37.9 Å². The molecule has 6 nitrogen and oxygen atoms in total. The molecule has 134 valence electrons. The molecule has 0 fully saturated rings. The SMILES string of the molecule is CN(C)C(CNS(=O)(=O)c1ccc2c(c1)OCO2)c1ccccc1Cl. The molecule has 8 heteroatoms. The fourth-order valence-electron chi connectivity index (χ4n) is 2.63. The molecule has 0 saturated heterocycles. The Morgan fingerprint density at radius 1 is 1.16 bits per heavy atom. The van der Waals surface area contributed by atoms with E-state index in [1.165, 1.54) is 12.1 Å². The van der Waals surface area contributed by atoms with Gasteiger partial charge in [-0.15, -0.1) is 0 Å². The van der Waals surface area contributed by atoms with Crippen LogP contribution in [0.15, 0.2) is 47.4 Å². The molecule has 0 spiro atoms. The van der Waals surface area contributed by atoms with E-state index in [2.05, 4.69) is 4.72 Å². The van der Waals surface area contributed by atoms with Gasteiger partial charge in [-0.2, -0.15) is 0 Å². The van der Waals surface area contributed by atoms with Crippen LogP contribution >= 0.6 is 11.6 Å². The van der Waals surface area contributed by atoms with Crippen molar-refractivity contribution in [1.82, 2.24) is 9.62 Å². The summed E-state index contributed by atoms with van der Waals surface area (Å²) < 4.78 is 38.3. The first kappa shape index (κ1) is 18.0. The molecule has 0 bridgehead atoms. The van der Waals surface area contributed by atoms with Gasteiger partial charge in [0, 0.05) is 23.7 Å². The largest absolute Gasteiger partial charge is 0.454 e. The summed E-state index contributed by atoms with van der Waals surface area (Å²) in [4.78, 5) is 2.05. The highest BCUT2D eigenvalue weighted by Gasteiger charge is 2.23. The maximum Gasteiger partial charge on any atom is 0.240 e. The molecule has 1 N–H and O–H groups in total. The van der Waals surface area contributed by atoms with Crippen LogP contribution in [0, 0.1) is 0 Å². The highest BCUT2D eigenvalue weighted by atomic mass is 35.5. The second kappa shape index (κ2) is 7.21. The second-order valence-electron chi connectivity index (χ2n) is 5.87. The van der Waals surface area contributed by atoms with Crippen LogP contribution in [-0.2, 0) is 10.0 Å². The van der Waals surface area contributed by atoms with Crippen molar-refractivity contribution in [2.75, 3.05) is 27.4 Å². The summed E-state index contributed by atoms with van der Waals surface area (Å²) in [5.41, 5.74) is 0.863. The summed E-state index contributed by atoms with van der Waals surface area (Å²) in [6.07, 6.45) is 0. The van der Waals surface area contributed by atoms with Gasteiger partial charge in [-0.25, -0.2) is 13.1 Å². The van der Waals surface area contributed by atoms with E-state index in [-0.39, 0.29) is 24.3 Å².